The minimum Gasteiger partial charge on any atom is -0.405 e. The second kappa shape index (κ2) is 10.0. The Morgan fingerprint density at radius 3 is 1.87 bits per heavy atom. The molecule has 2 N–H and O–H groups in total. The van der Waals surface area contributed by atoms with Crippen molar-refractivity contribution in [3.63, 3.8) is 0 Å². The van der Waals surface area contributed by atoms with Gasteiger partial charge in [0.1, 0.15) is 0 Å². The molecular formula is C24H35NO3SSi. The molecule has 0 aliphatic rings. The molecule has 0 saturated heterocycles. The molecule has 164 valence electrons. The van der Waals surface area contributed by atoms with Crippen LogP contribution in [-0.2, 0) is 14.4 Å². The van der Waals surface area contributed by atoms with Gasteiger partial charge in [-0.1, -0.05) is 87.5 Å². The van der Waals surface area contributed by atoms with Crippen LogP contribution in [0.5, 0.6) is 0 Å². The molecule has 0 bridgehead atoms. The lowest BCUT2D eigenvalue weighted by Crippen LogP contribution is -2.67. The zero-order chi connectivity index (χ0) is 22.4. The maximum atomic E-state index is 12.2. The van der Waals surface area contributed by atoms with Crippen molar-refractivity contribution in [1.82, 2.24) is 0 Å². The standard InChI is InChI=1S/C24H35NO3SSi/c1-6-7-14-21(29(25,26)27)19-20(2)28-30(24(3,4)5,22-15-10-8-11-16-22)23-17-12-9-13-18-23/h6,8-13,15-18,20-21H,1,7,14,19H2,2-5H3,(H2,25,26,27)/t20-,21-/m1/s1. The van der Waals surface area contributed by atoms with E-state index in [0.29, 0.717) is 19.3 Å². The minimum atomic E-state index is -3.66. The van der Waals surface area contributed by atoms with Gasteiger partial charge in [0.15, 0.2) is 0 Å². The number of hydrogen-bond acceptors (Lipinski definition) is 3. The van der Waals surface area contributed by atoms with Crippen LogP contribution in [-0.4, -0.2) is 28.1 Å². The quantitative estimate of drug-likeness (QED) is 0.444. The summed E-state index contributed by atoms with van der Waals surface area (Å²) in [6.45, 7) is 12.3. The van der Waals surface area contributed by atoms with Crippen LogP contribution in [0.4, 0.5) is 0 Å². The van der Waals surface area contributed by atoms with E-state index in [2.05, 4.69) is 51.6 Å². The van der Waals surface area contributed by atoms with Crippen LogP contribution < -0.4 is 15.5 Å². The Morgan fingerprint density at radius 2 is 1.50 bits per heavy atom. The monoisotopic (exact) mass is 445 g/mol. The number of benzene rings is 2. The smallest absolute Gasteiger partial charge is 0.261 e. The van der Waals surface area contributed by atoms with Crippen LogP contribution in [0.2, 0.25) is 5.04 Å². The average Bonchev–Trinajstić information content (AvgIpc) is 2.69. The van der Waals surface area contributed by atoms with Crippen molar-refractivity contribution in [1.29, 1.82) is 0 Å². The van der Waals surface area contributed by atoms with Crippen LogP contribution >= 0.6 is 0 Å². The first-order valence-electron chi connectivity index (χ1n) is 10.4. The van der Waals surface area contributed by atoms with Gasteiger partial charge < -0.3 is 4.43 Å². The molecule has 30 heavy (non-hydrogen) atoms. The van der Waals surface area contributed by atoms with Gasteiger partial charge in [-0.3, -0.25) is 0 Å². The fraction of sp³-hybridized carbons (Fsp3) is 0.417. The average molecular weight is 446 g/mol. The van der Waals surface area contributed by atoms with Crippen LogP contribution in [0.25, 0.3) is 0 Å². The Balaban J connectivity index is 2.51. The van der Waals surface area contributed by atoms with Crippen molar-refractivity contribution in [3.8, 4) is 0 Å². The predicted octanol–water partition coefficient (Wildman–Crippen LogP) is 3.96. The summed E-state index contributed by atoms with van der Waals surface area (Å²) in [5.74, 6) is 0. The van der Waals surface area contributed by atoms with Gasteiger partial charge >= 0.3 is 0 Å². The van der Waals surface area contributed by atoms with E-state index in [0.717, 1.165) is 0 Å². The third-order valence-corrected chi connectivity index (χ3v) is 12.1. The lowest BCUT2D eigenvalue weighted by molar-refractivity contribution is 0.193. The topological polar surface area (TPSA) is 69.4 Å². The lowest BCUT2D eigenvalue weighted by atomic mass is 10.1. The summed E-state index contributed by atoms with van der Waals surface area (Å²) in [7, 11) is -6.39. The minimum absolute atomic E-state index is 0.165. The SMILES string of the molecule is C=CCC[C@H](C[C@@H](C)O[Si](c1ccccc1)(c1ccccc1)C(C)(C)C)S(N)(=O)=O. The van der Waals surface area contributed by atoms with Gasteiger partial charge in [-0.05, 0) is 41.6 Å². The highest BCUT2D eigenvalue weighted by molar-refractivity contribution is 7.89. The van der Waals surface area contributed by atoms with E-state index in [4.69, 9.17) is 9.56 Å². The number of sulfonamides is 1. The van der Waals surface area contributed by atoms with Crippen molar-refractivity contribution in [2.24, 2.45) is 5.14 Å². The Hall–Kier alpha value is -1.73. The third kappa shape index (κ3) is 5.69. The number of nitrogens with two attached hydrogens (primary N) is 1. The maximum absolute atomic E-state index is 12.2. The third-order valence-electron chi connectivity index (χ3n) is 5.55. The lowest BCUT2D eigenvalue weighted by Gasteiger charge is -2.45. The highest BCUT2D eigenvalue weighted by Crippen LogP contribution is 2.38. The summed E-state index contributed by atoms with van der Waals surface area (Å²) < 4.78 is 31.3. The summed E-state index contributed by atoms with van der Waals surface area (Å²) in [5.41, 5.74) is 0. The molecule has 0 fully saturated rings. The van der Waals surface area contributed by atoms with E-state index in [1.165, 1.54) is 10.4 Å². The Kier molecular flexibility index (Phi) is 8.22. The molecule has 0 radical (unpaired) electrons. The zero-order valence-corrected chi connectivity index (χ0v) is 20.4. The molecule has 0 amide bonds. The first-order chi connectivity index (χ1) is 14.0. The first kappa shape index (κ1) is 24.5. The summed E-state index contributed by atoms with van der Waals surface area (Å²) >= 11 is 0. The van der Waals surface area contributed by atoms with Gasteiger partial charge in [0.2, 0.25) is 10.0 Å². The molecule has 2 atom stereocenters. The van der Waals surface area contributed by atoms with Gasteiger partial charge in [-0.25, -0.2) is 13.6 Å². The molecular weight excluding hydrogens is 410 g/mol. The van der Waals surface area contributed by atoms with Crippen molar-refractivity contribution < 1.29 is 12.8 Å². The summed E-state index contributed by atoms with van der Waals surface area (Å²) in [6.07, 6.45) is 2.87. The van der Waals surface area contributed by atoms with E-state index in [9.17, 15) is 8.42 Å². The van der Waals surface area contributed by atoms with E-state index in [1.807, 2.05) is 43.3 Å². The molecule has 0 unspecified atom stereocenters. The Bertz CT molecular complexity index is 869. The Morgan fingerprint density at radius 1 is 1.03 bits per heavy atom. The molecule has 2 rings (SSSR count). The molecule has 0 aliphatic heterocycles. The van der Waals surface area contributed by atoms with Crippen LogP contribution in [0.1, 0.15) is 47.0 Å². The molecule has 4 nitrogen and oxygen atoms in total. The fourth-order valence-corrected chi connectivity index (χ4v) is 9.85. The van der Waals surface area contributed by atoms with Crippen LogP contribution in [0.15, 0.2) is 73.3 Å². The predicted molar refractivity (Wildman–Crippen MR) is 129 cm³/mol. The maximum Gasteiger partial charge on any atom is 0.261 e. The van der Waals surface area contributed by atoms with Gasteiger partial charge in [-0.15, -0.1) is 6.58 Å². The van der Waals surface area contributed by atoms with Crippen LogP contribution in [0.3, 0.4) is 0 Å². The van der Waals surface area contributed by atoms with Crippen molar-refractivity contribution in [2.75, 3.05) is 0 Å². The van der Waals surface area contributed by atoms with E-state index in [-0.39, 0.29) is 11.1 Å². The summed E-state index contributed by atoms with van der Waals surface area (Å²) in [4.78, 5) is 0. The number of allylic oxidation sites excluding steroid dienone is 1. The van der Waals surface area contributed by atoms with Crippen molar-refractivity contribution in [2.45, 2.75) is 63.3 Å². The highest BCUT2D eigenvalue weighted by atomic mass is 32.2. The highest BCUT2D eigenvalue weighted by Gasteiger charge is 2.51. The fourth-order valence-electron chi connectivity index (χ4n) is 4.13. The summed E-state index contributed by atoms with van der Waals surface area (Å²) in [6, 6.07) is 20.7. The number of rotatable bonds is 10. The van der Waals surface area contributed by atoms with E-state index in [1.54, 1.807) is 6.08 Å². The first-order valence-corrected chi connectivity index (χ1v) is 14.0. The Labute approximate surface area is 183 Å². The number of hydrogen-bond donors (Lipinski definition) is 1. The molecule has 0 aliphatic carbocycles. The molecule has 2 aromatic rings. The molecule has 2 aromatic carbocycles. The molecule has 0 heterocycles. The second-order valence-corrected chi connectivity index (χ2v) is 15.0. The van der Waals surface area contributed by atoms with Crippen molar-refractivity contribution >= 4 is 28.7 Å². The molecule has 0 saturated carbocycles. The van der Waals surface area contributed by atoms with Gasteiger partial charge in [-0.2, -0.15) is 0 Å². The summed E-state index contributed by atoms with van der Waals surface area (Å²) in [5, 5.41) is 7.07. The normalized spacial score (nSPS) is 14.8. The number of primary sulfonamides is 1. The van der Waals surface area contributed by atoms with Crippen LogP contribution in [0, 0.1) is 0 Å². The molecule has 0 aromatic heterocycles. The van der Waals surface area contributed by atoms with E-state index < -0.39 is 23.6 Å². The van der Waals surface area contributed by atoms with Gasteiger partial charge in [0, 0.05) is 6.10 Å². The largest absolute Gasteiger partial charge is 0.405 e. The van der Waals surface area contributed by atoms with Gasteiger partial charge in [0.25, 0.3) is 8.32 Å². The molecule has 0 spiro atoms. The van der Waals surface area contributed by atoms with Crippen molar-refractivity contribution in [3.05, 3.63) is 73.3 Å². The zero-order valence-electron chi connectivity index (χ0n) is 18.5. The molecule has 6 heteroatoms. The van der Waals surface area contributed by atoms with Gasteiger partial charge in [0.05, 0.1) is 5.25 Å². The second-order valence-electron chi connectivity index (χ2n) is 8.90. The van der Waals surface area contributed by atoms with E-state index >= 15 is 0 Å².